The van der Waals surface area contributed by atoms with Crippen molar-refractivity contribution in [2.75, 3.05) is 0 Å². The second-order valence-corrected chi connectivity index (χ2v) is 2.77. The minimum atomic E-state index is 1.000. The average Bonchev–Trinajstić information content (AvgIpc) is 2.04. The molecule has 1 aliphatic rings. The van der Waals surface area contributed by atoms with Gasteiger partial charge in [-0.3, -0.25) is 4.99 Å². The Balaban J connectivity index is 2.90. The van der Waals surface area contributed by atoms with E-state index in [2.05, 4.69) is 31.8 Å². The fourth-order valence-electron chi connectivity index (χ4n) is 0.823. The molecule has 1 nitrogen and oxygen atoms in total. The molecule has 0 saturated carbocycles. The molecule has 0 fully saturated rings. The van der Waals surface area contributed by atoms with Crippen LogP contribution in [-0.4, -0.2) is 5.71 Å². The molecular weight excluding hydrogens is 122 g/mol. The molecule has 0 aliphatic carbocycles. The molecule has 1 rings (SSSR count). The number of allylic oxidation sites excluding steroid dienone is 3. The predicted molar refractivity (Wildman–Crippen MR) is 45.2 cm³/mol. The van der Waals surface area contributed by atoms with Crippen LogP contribution in [0.1, 0.15) is 27.2 Å². The van der Waals surface area contributed by atoms with E-state index in [1.54, 1.807) is 0 Å². The highest BCUT2D eigenvalue weighted by Crippen LogP contribution is 2.12. The van der Waals surface area contributed by atoms with Gasteiger partial charge in [-0.2, -0.15) is 0 Å². The highest BCUT2D eigenvalue weighted by Gasteiger charge is 1.96. The quantitative estimate of drug-likeness (QED) is 0.484. The summed E-state index contributed by atoms with van der Waals surface area (Å²) in [5.74, 6) is 0. The van der Waals surface area contributed by atoms with E-state index in [4.69, 9.17) is 0 Å². The van der Waals surface area contributed by atoms with Crippen molar-refractivity contribution < 1.29 is 0 Å². The molecule has 0 unspecified atom stereocenters. The SMILES string of the molecule is CC1=CCC(C)=NC=C1C. The van der Waals surface area contributed by atoms with E-state index in [0.29, 0.717) is 0 Å². The van der Waals surface area contributed by atoms with E-state index in [-0.39, 0.29) is 0 Å². The molecule has 1 heterocycles. The van der Waals surface area contributed by atoms with E-state index in [0.717, 1.165) is 6.42 Å². The van der Waals surface area contributed by atoms with Crippen molar-refractivity contribution in [1.82, 2.24) is 0 Å². The molecule has 0 N–H and O–H groups in total. The van der Waals surface area contributed by atoms with Crippen LogP contribution in [0.4, 0.5) is 0 Å². The summed E-state index contributed by atoms with van der Waals surface area (Å²) in [6.07, 6.45) is 5.16. The first-order valence-electron chi connectivity index (χ1n) is 3.57. The van der Waals surface area contributed by atoms with Crippen molar-refractivity contribution in [1.29, 1.82) is 0 Å². The molecule has 1 heteroatoms. The van der Waals surface area contributed by atoms with Gasteiger partial charge in [-0.25, -0.2) is 0 Å². The lowest BCUT2D eigenvalue weighted by atomic mass is 10.1. The van der Waals surface area contributed by atoms with Crippen LogP contribution in [0.2, 0.25) is 0 Å². The van der Waals surface area contributed by atoms with Crippen molar-refractivity contribution in [3.05, 3.63) is 23.4 Å². The molecule has 0 aromatic rings. The molecular formula is C9H13N. The Morgan fingerprint density at radius 1 is 1.20 bits per heavy atom. The van der Waals surface area contributed by atoms with Gasteiger partial charge >= 0.3 is 0 Å². The van der Waals surface area contributed by atoms with Gasteiger partial charge in [-0.1, -0.05) is 11.6 Å². The lowest BCUT2D eigenvalue weighted by molar-refractivity contribution is 1.30. The van der Waals surface area contributed by atoms with Gasteiger partial charge in [-0.05, 0) is 26.3 Å². The van der Waals surface area contributed by atoms with Crippen LogP contribution in [-0.2, 0) is 0 Å². The second-order valence-electron chi connectivity index (χ2n) is 2.77. The standard InChI is InChI=1S/C9H13N/c1-7-4-5-9(3)10-6-8(7)2/h4,6H,5H2,1-3H3. The first kappa shape index (κ1) is 7.26. The molecule has 0 bridgehead atoms. The zero-order valence-electron chi connectivity index (χ0n) is 6.81. The maximum Gasteiger partial charge on any atom is 0.0298 e. The van der Waals surface area contributed by atoms with Gasteiger partial charge in [0.1, 0.15) is 0 Å². The third kappa shape index (κ3) is 1.56. The van der Waals surface area contributed by atoms with E-state index < -0.39 is 0 Å². The minimum absolute atomic E-state index is 1.000. The summed E-state index contributed by atoms with van der Waals surface area (Å²) in [6, 6.07) is 0. The van der Waals surface area contributed by atoms with Crippen LogP contribution in [0.3, 0.4) is 0 Å². The average molecular weight is 135 g/mol. The number of hydrogen-bond donors (Lipinski definition) is 0. The van der Waals surface area contributed by atoms with Gasteiger partial charge in [-0.15, -0.1) is 0 Å². The van der Waals surface area contributed by atoms with Gasteiger partial charge < -0.3 is 0 Å². The summed E-state index contributed by atoms with van der Waals surface area (Å²) in [7, 11) is 0. The van der Waals surface area contributed by atoms with E-state index in [1.165, 1.54) is 16.9 Å². The van der Waals surface area contributed by atoms with Crippen LogP contribution in [0.25, 0.3) is 0 Å². The van der Waals surface area contributed by atoms with Crippen molar-refractivity contribution in [3.63, 3.8) is 0 Å². The molecule has 0 amide bonds. The summed E-state index contributed by atoms with van der Waals surface area (Å²) in [4.78, 5) is 4.26. The Kier molecular flexibility index (Phi) is 2.05. The van der Waals surface area contributed by atoms with Crippen LogP contribution < -0.4 is 0 Å². The van der Waals surface area contributed by atoms with Crippen LogP contribution in [0, 0.1) is 0 Å². The van der Waals surface area contributed by atoms with E-state index in [9.17, 15) is 0 Å². The Bertz CT molecular complexity index is 219. The number of rotatable bonds is 0. The van der Waals surface area contributed by atoms with Crippen molar-refractivity contribution in [3.8, 4) is 0 Å². The van der Waals surface area contributed by atoms with Gasteiger partial charge in [0, 0.05) is 18.3 Å². The summed E-state index contributed by atoms with van der Waals surface area (Å²) in [5, 5.41) is 0. The fraction of sp³-hybridized carbons (Fsp3) is 0.444. The molecule has 54 valence electrons. The maximum atomic E-state index is 4.26. The van der Waals surface area contributed by atoms with Crippen LogP contribution in [0.15, 0.2) is 28.4 Å². The predicted octanol–water partition coefficient (Wildman–Crippen LogP) is 2.70. The van der Waals surface area contributed by atoms with E-state index >= 15 is 0 Å². The molecule has 0 aromatic carbocycles. The highest BCUT2D eigenvalue weighted by atomic mass is 14.7. The van der Waals surface area contributed by atoms with Gasteiger partial charge in [0.05, 0.1) is 0 Å². The molecule has 0 aromatic heterocycles. The van der Waals surface area contributed by atoms with E-state index in [1.807, 2.05) is 6.20 Å². The highest BCUT2D eigenvalue weighted by molar-refractivity contribution is 5.84. The smallest absolute Gasteiger partial charge is 0.0298 e. The Morgan fingerprint density at radius 2 is 1.90 bits per heavy atom. The third-order valence-electron chi connectivity index (χ3n) is 1.80. The summed E-state index contributed by atoms with van der Waals surface area (Å²) in [6.45, 7) is 6.27. The molecule has 10 heavy (non-hydrogen) atoms. The van der Waals surface area contributed by atoms with Gasteiger partial charge in [0.15, 0.2) is 0 Å². The van der Waals surface area contributed by atoms with Crippen LogP contribution >= 0.6 is 0 Å². The Hall–Kier alpha value is -0.850. The number of nitrogens with zero attached hydrogens (tertiary/aromatic N) is 1. The monoisotopic (exact) mass is 135 g/mol. The molecule has 0 spiro atoms. The number of hydrogen-bond acceptors (Lipinski definition) is 1. The third-order valence-corrected chi connectivity index (χ3v) is 1.80. The zero-order valence-corrected chi connectivity index (χ0v) is 6.81. The van der Waals surface area contributed by atoms with Gasteiger partial charge in [0.25, 0.3) is 0 Å². The van der Waals surface area contributed by atoms with Gasteiger partial charge in [0.2, 0.25) is 0 Å². The fourth-order valence-corrected chi connectivity index (χ4v) is 0.823. The molecule has 0 saturated heterocycles. The normalized spacial score (nSPS) is 18.9. The molecule has 1 aliphatic heterocycles. The number of aliphatic imine (C=N–C) groups is 1. The first-order valence-corrected chi connectivity index (χ1v) is 3.57. The lowest BCUT2D eigenvalue weighted by Crippen LogP contribution is -1.84. The summed E-state index contributed by atoms with van der Waals surface area (Å²) in [5.41, 5.74) is 3.81. The largest absolute Gasteiger partial charge is 0.265 e. The van der Waals surface area contributed by atoms with Crippen molar-refractivity contribution >= 4 is 5.71 Å². The zero-order chi connectivity index (χ0) is 7.56. The lowest BCUT2D eigenvalue weighted by Gasteiger charge is -1.94. The molecule has 0 atom stereocenters. The summed E-state index contributed by atoms with van der Waals surface area (Å²) >= 11 is 0. The second kappa shape index (κ2) is 2.82. The maximum absolute atomic E-state index is 4.26. The van der Waals surface area contributed by atoms with Crippen molar-refractivity contribution in [2.24, 2.45) is 4.99 Å². The summed E-state index contributed by atoms with van der Waals surface area (Å²) < 4.78 is 0. The topological polar surface area (TPSA) is 12.4 Å². The van der Waals surface area contributed by atoms with Crippen molar-refractivity contribution in [2.45, 2.75) is 27.2 Å². The Labute approximate surface area is 62.2 Å². The Morgan fingerprint density at radius 3 is 2.60 bits per heavy atom. The first-order chi connectivity index (χ1) is 4.70. The molecule has 0 radical (unpaired) electrons. The van der Waals surface area contributed by atoms with Crippen LogP contribution in [0.5, 0.6) is 0 Å². The minimum Gasteiger partial charge on any atom is -0.265 e.